The zero-order chi connectivity index (χ0) is 14.2. The highest BCUT2D eigenvalue weighted by Gasteiger charge is 2.17. The summed E-state index contributed by atoms with van der Waals surface area (Å²) in [5, 5.41) is 2.96. The molecule has 100 valence electrons. The molecule has 1 N–H and O–H groups in total. The summed E-state index contributed by atoms with van der Waals surface area (Å²) in [6, 6.07) is 2.49. The molecule has 19 heavy (non-hydrogen) atoms. The van der Waals surface area contributed by atoms with Gasteiger partial charge >= 0.3 is 0 Å². The molecule has 0 aliphatic rings. The second-order valence-electron chi connectivity index (χ2n) is 3.65. The van der Waals surface area contributed by atoms with Gasteiger partial charge in [0.1, 0.15) is 11.6 Å². The van der Waals surface area contributed by atoms with Gasteiger partial charge in [0.15, 0.2) is 11.6 Å². The smallest absolute Gasteiger partial charge is 0.161 e. The van der Waals surface area contributed by atoms with Crippen LogP contribution < -0.4 is 5.32 Å². The van der Waals surface area contributed by atoms with Crippen LogP contribution in [0.5, 0.6) is 0 Å². The van der Waals surface area contributed by atoms with E-state index in [-0.39, 0.29) is 27.1 Å². The number of nitrogens with zero attached hydrogens (tertiary/aromatic N) is 1. The number of rotatable bonds is 2. The summed E-state index contributed by atoms with van der Waals surface area (Å²) < 4.78 is 39.7. The molecule has 2 aromatic rings. The zero-order valence-electron chi connectivity index (χ0n) is 9.57. The van der Waals surface area contributed by atoms with Gasteiger partial charge in [0, 0.05) is 18.7 Å². The zero-order valence-corrected chi connectivity index (χ0v) is 11.1. The topological polar surface area (TPSA) is 24.9 Å². The average molecular weight is 307 g/mol. The molecule has 0 saturated carbocycles. The van der Waals surface area contributed by atoms with Crippen molar-refractivity contribution in [3.05, 3.63) is 45.7 Å². The minimum Gasteiger partial charge on any atom is -0.372 e. The lowest BCUT2D eigenvalue weighted by Crippen LogP contribution is -1.98. The van der Waals surface area contributed by atoms with E-state index in [0.29, 0.717) is 12.1 Å². The lowest BCUT2D eigenvalue weighted by Gasteiger charge is -2.10. The van der Waals surface area contributed by atoms with Crippen LogP contribution in [0.4, 0.5) is 19.0 Å². The minimum atomic E-state index is -1.28. The molecule has 7 heteroatoms. The third kappa shape index (κ3) is 2.62. The molecule has 0 spiro atoms. The van der Waals surface area contributed by atoms with Gasteiger partial charge in [-0.15, -0.1) is 0 Å². The Morgan fingerprint density at radius 1 is 0.947 bits per heavy atom. The largest absolute Gasteiger partial charge is 0.372 e. The Balaban J connectivity index is 2.68. The molecular formula is C12H7Cl2F3N2. The number of halogens is 5. The maximum atomic E-state index is 13.7. The normalized spacial score (nSPS) is 10.6. The van der Waals surface area contributed by atoms with Crippen LogP contribution in [-0.4, -0.2) is 12.0 Å². The van der Waals surface area contributed by atoms with Crippen molar-refractivity contribution in [2.75, 3.05) is 12.4 Å². The lowest BCUT2D eigenvalue weighted by atomic mass is 10.1. The third-order valence-electron chi connectivity index (χ3n) is 2.43. The van der Waals surface area contributed by atoms with Crippen molar-refractivity contribution in [2.45, 2.75) is 0 Å². The van der Waals surface area contributed by atoms with E-state index >= 15 is 0 Å². The van der Waals surface area contributed by atoms with Crippen molar-refractivity contribution < 1.29 is 13.2 Å². The van der Waals surface area contributed by atoms with Crippen molar-refractivity contribution in [3.63, 3.8) is 0 Å². The van der Waals surface area contributed by atoms with E-state index in [1.165, 1.54) is 6.07 Å². The molecule has 0 fully saturated rings. The van der Waals surface area contributed by atoms with Crippen LogP contribution in [0.25, 0.3) is 11.3 Å². The quantitative estimate of drug-likeness (QED) is 0.825. The fourth-order valence-electron chi connectivity index (χ4n) is 1.53. The summed E-state index contributed by atoms with van der Waals surface area (Å²) >= 11 is 11.7. The number of hydrogen-bond acceptors (Lipinski definition) is 2. The Morgan fingerprint density at radius 3 is 2.21 bits per heavy atom. The number of anilines is 1. The first-order chi connectivity index (χ1) is 8.93. The maximum Gasteiger partial charge on any atom is 0.161 e. The molecule has 2 nitrogen and oxygen atoms in total. The summed E-state index contributed by atoms with van der Waals surface area (Å²) in [7, 11) is 1.56. The van der Waals surface area contributed by atoms with Gasteiger partial charge in [-0.1, -0.05) is 23.2 Å². The van der Waals surface area contributed by atoms with Gasteiger partial charge in [0.2, 0.25) is 0 Å². The number of pyridine rings is 1. The van der Waals surface area contributed by atoms with Crippen molar-refractivity contribution in [1.29, 1.82) is 0 Å². The molecule has 1 aromatic heterocycles. The SMILES string of the molecule is CNc1nc(-c2cc(F)c(F)cc2F)c(Cl)cc1Cl. The number of nitrogens with one attached hydrogen (secondary N) is 1. The molecule has 0 aliphatic carbocycles. The van der Waals surface area contributed by atoms with Gasteiger partial charge in [-0.05, 0) is 12.1 Å². The van der Waals surface area contributed by atoms with Gasteiger partial charge in [0.25, 0.3) is 0 Å². The highest BCUT2D eigenvalue weighted by Crippen LogP contribution is 2.34. The van der Waals surface area contributed by atoms with Crippen LogP contribution in [-0.2, 0) is 0 Å². The Labute approximate surface area is 117 Å². The third-order valence-corrected chi connectivity index (χ3v) is 3.01. The number of hydrogen-bond donors (Lipinski definition) is 1. The number of benzene rings is 1. The first-order valence-corrected chi connectivity index (χ1v) is 5.88. The van der Waals surface area contributed by atoms with Crippen molar-refractivity contribution in [3.8, 4) is 11.3 Å². The van der Waals surface area contributed by atoms with Crippen LogP contribution in [0, 0.1) is 17.5 Å². The Bertz CT molecular complexity index is 647. The second kappa shape index (κ2) is 5.27. The van der Waals surface area contributed by atoms with E-state index in [4.69, 9.17) is 23.2 Å². The van der Waals surface area contributed by atoms with Crippen molar-refractivity contribution in [2.24, 2.45) is 0 Å². The van der Waals surface area contributed by atoms with Crippen molar-refractivity contribution >= 4 is 29.0 Å². The van der Waals surface area contributed by atoms with Crippen LogP contribution in [0.1, 0.15) is 0 Å². The maximum absolute atomic E-state index is 13.7. The van der Waals surface area contributed by atoms with Gasteiger partial charge in [-0.2, -0.15) is 0 Å². The lowest BCUT2D eigenvalue weighted by molar-refractivity contribution is 0.496. The fourth-order valence-corrected chi connectivity index (χ4v) is 2.09. The minimum absolute atomic E-state index is 0.0215. The molecule has 0 unspecified atom stereocenters. The molecular weight excluding hydrogens is 300 g/mol. The standard InChI is InChI=1S/C12H7Cl2F3N2/c1-18-12-7(14)3-6(13)11(19-12)5-2-9(16)10(17)4-8(5)15/h2-4H,1H3,(H,18,19). The Kier molecular flexibility index (Phi) is 3.87. The van der Waals surface area contributed by atoms with Crippen LogP contribution in [0.2, 0.25) is 10.0 Å². The Morgan fingerprint density at radius 2 is 1.58 bits per heavy atom. The molecule has 1 aromatic carbocycles. The summed E-state index contributed by atoms with van der Waals surface area (Å²) in [5.41, 5.74) is -0.260. The summed E-state index contributed by atoms with van der Waals surface area (Å²) in [5.74, 6) is -3.17. The van der Waals surface area contributed by atoms with E-state index in [0.717, 1.165) is 0 Å². The molecule has 1 heterocycles. The number of aromatic nitrogens is 1. The fraction of sp³-hybridized carbons (Fsp3) is 0.0833. The van der Waals surface area contributed by atoms with Gasteiger partial charge in [-0.3, -0.25) is 0 Å². The van der Waals surface area contributed by atoms with Gasteiger partial charge < -0.3 is 5.32 Å². The first kappa shape index (κ1) is 14.0. The monoisotopic (exact) mass is 306 g/mol. The molecule has 0 saturated heterocycles. The molecule has 2 rings (SSSR count). The highest BCUT2D eigenvalue weighted by molar-refractivity contribution is 6.37. The van der Waals surface area contributed by atoms with E-state index in [1.54, 1.807) is 7.05 Å². The summed E-state index contributed by atoms with van der Waals surface area (Å²) in [4.78, 5) is 3.99. The average Bonchev–Trinajstić information content (AvgIpc) is 2.35. The molecule has 0 amide bonds. The first-order valence-electron chi connectivity index (χ1n) is 5.12. The van der Waals surface area contributed by atoms with E-state index in [9.17, 15) is 13.2 Å². The molecule has 0 radical (unpaired) electrons. The van der Waals surface area contributed by atoms with E-state index < -0.39 is 17.5 Å². The van der Waals surface area contributed by atoms with E-state index in [1.807, 2.05) is 0 Å². The van der Waals surface area contributed by atoms with Crippen molar-refractivity contribution in [1.82, 2.24) is 4.98 Å². The second-order valence-corrected chi connectivity index (χ2v) is 4.46. The van der Waals surface area contributed by atoms with Crippen LogP contribution in [0.15, 0.2) is 18.2 Å². The predicted octanol–water partition coefficient (Wildman–Crippen LogP) is 4.51. The Hall–Kier alpha value is -1.46. The highest BCUT2D eigenvalue weighted by atomic mass is 35.5. The molecule has 0 atom stereocenters. The summed E-state index contributed by atoms with van der Waals surface area (Å²) in [6.45, 7) is 0. The van der Waals surface area contributed by atoms with E-state index in [2.05, 4.69) is 10.3 Å². The van der Waals surface area contributed by atoms with Gasteiger partial charge in [0.05, 0.1) is 15.7 Å². The summed E-state index contributed by atoms with van der Waals surface area (Å²) in [6.07, 6.45) is 0. The molecule has 0 bridgehead atoms. The predicted molar refractivity (Wildman–Crippen MR) is 69.1 cm³/mol. The van der Waals surface area contributed by atoms with Crippen LogP contribution in [0.3, 0.4) is 0 Å². The van der Waals surface area contributed by atoms with Gasteiger partial charge in [-0.25, -0.2) is 18.2 Å². The molecule has 0 aliphatic heterocycles. The van der Waals surface area contributed by atoms with Crippen LogP contribution >= 0.6 is 23.2 Å².